The van der Waals surface area contributed by atoms with Crippen LogP contribution in [0.25, 0.3) is 0 Å². The van der Waals surface area contributed by atoms with Crippen molar-refractivity contribution in [2.45, 2.75) is 84.3 Å². The van der Waals surface area contributed by atoms with Gasteiger partial charge in [-0.25, -0.2) is 4.79 Å². The Bertz CT molecular complexity index is 378. The van der Waals surface area contributed by atoms with Crippen molar-refractivity contribution in [3.8, 4) is 0 Å². The van der Waals surface area contributed by atoms with E-state index < -0.39 is 5.60 Å². The van der Waals surface area contributed by atoms with Crippen LogP contribution in [0.4, 0.5) is 4.79 Å². The molecule has 23 heavy (non-hydrogen) atoms. The molecule has 0 spiro atoms. The highest BCUT2D eigenvalue weighted by molar-refractivity contribution is 5.68. The molecule has 134 valence electrons. The first kappa shape index (κ1) is 18.6. The predicted octanol–water partition coefficient (Wildman–Crippen LogP) is 4.19. The van der Waals surface area contributed by atoms with Gasteiger partial charge >= 0.3 is 6.09 Å². The Balaban J connectivity index is 1.74. The van der Waals surface area contributed by atoms with E-state index in [-0.39, 0.29) is 6.09 Å². The van der Waals surface area contributed by atoms with Crippen molar-refractivity contribution in [2.24, 2.45) is 11.8 Å². The molecule has 2 aliphatic rings. The van der Waals surface area contributed by atoms with Crippen LogP contribution in [0.1, 0.15) is 72.6 Å². The molecule has 0 aromatic rings. The molecule has 2 rings (SSSR count). The number of hydrogen-bond acceptors (Lipinski definition) is 3. The second-order valence-electron chi connectivity index (χ2n) is 8.53. The minimum atomic E-state index is -0.405. The lowest BCUT2D eigenvalue weighted by Gasteiger charge is -2.30. The molecule has 0 radical (unpaired) electrons. The van der Waals surface area contributed by atoms with E-state index in [1.54, 1.807) is 0 Å². The minimum absolute atomic E-state index is 0.154. The highest BCUT2D eigenvalue weighted by atomic mass is 16.6. The molecule has 0 aromatic heterocycles. The molecule has 0 aromatic carbocycles. The number of rotatable bonds is 3. The van der Waals surface area contributed by atoms with E-state index in [0.717, 1.165) is 44.3 Å². The predicted molar refractivity (Wildman–Crippen MR) is 94.6 cm³/mol. The molecule has 1 saturated heterocycles. The van der Waals surface area contributed by atoms with E-state index in [4.69, 9.17) is 4.74 Å². The fourth-order valence-corrected chi connectivity index (χ4v) is 3.82. The summed E-state index contributed by atoms with van der Waals surface area (Å²) < 4.78 is 5.50. The van der Waals surface area contributed by atoms with Crippen LogP contribution >= 0.6 is 0 Å². The number of nitrogens with one attached hydrogen (secondary N) is 1. The van der Waals surface area contributed by atoms with Gasteiger partial charge < -0.3 is 15.0 Å². The molecule has 4 nitrogen and oxygen atoms in total. The van der Waals surface area contributed by atoms with Crippen LogP contribution < -0.4 is 5.32 Å². The monoisotopic (exact) mass is 324 g/mol. The Hall–Kier alpha value is -0.770. The topological polar surface area (TPSA) is 41.6 Å². The molecule has 3 atom stereocenters. The van der Waals surface area contributed by atoms with Crippen LogP contribution in [-0.2, 0) is 4.74 Å². The van der Waals surface area contributed by atoms with Gasteiger partial charge in [0.2, 0.25) is 0 Å². The van der Waals surface area contributed by atoms with Crippen LogP contribution in [0.5, 0.6) is 0 Å². The SMILES string of the molecule is CC1CCCCC1CNC1CCCN(C(=O)OC(C)(C)C)CC1. The molecular formula is C19H36N2O2. The average Bonchev–Trinajstić information content (AvgIpc) is 2.70. The fourth-order valence-electron chi connectivity index (χ4n) is 3.82. The summed E-state index contributed by atoms with van der Waals surface area (Å²) in [5.41, 5.74) is -0.405. The smallest absolute Gasteiger partial charge is 0.410 e. The first-order chi connectivity index (χ1) is 10.8. The van der Waals surface area contributed by atoms with Crippen molar-refractivity contribution in [3.05, 3.63) is 0 Å². The largest absolute Gasteiger partial charge is 0.444 e. The molecule has 1 heterocycles. The summed E-state index contributed by atoms with van der Waals surface area (Å²) in [6.45, 7) is 11.0. The van der Waals surface area contributed by atoms with Crippen LogP contribution in [-0.4, -0.2) is 42.3 Å². The summed E-state index contributed by atoms with van der Waals surface area (Å²) in [5.74, 6) is 1.70. The molecule has 3 unspecified atom stereocenters. The maximum atomic E-state index is 12.2. The third-order valence-corrected chi connectivity index (χ3v) is 5.34. The molecule has 1 N–H and O–H groups in total. The van der Waals surface area contributed by atoms with Crippen molar-refractivity contribution < 1.29 is 9.53 Å². The standard InChI is InChI=1S/C19H36N2O2/c1-15-8-5-6-9-16(15)14-20-17-10-7-12-21(13-11-17)18(22)23-19(2,3)4/h15-17,20H,5-14H2,1-4H3. The van der Waals surface area contributed by atoms with Crippen LogP contribution in [0.2, 0.25) is 0 Å². The normalized spacial score (nSPS) is 29.9. The van der Waals surface area contributed by atoms with E-state index >= 15 is 0 Å². The average molecular weight is 325 g/mol. The van der Waals surface area contributed by atoms with Gasteiger partial charge in [0.25, 0.3) is 0 Å². The molecule has 1 amide bonds. The highest BCUT2D eigenvalue weighted by Gasteiger charge is 2.26. The van der Waals surface area contributed by atoms with Gasteiger partial charge in [-0.1, -0.05) is 26.2 Å². The zero-order valence-electron chi connectivity index (χ0n) is 15.6. The van der Waals surface area contributed by atoms with Crippen molar-refractivity contribution in [2.75, 3.05) is 19.6 Å². The van der Waals surface area contributed by atoms with Gasteiger partial charge in [0.05, 0.1) is 0 Å². The number of likely N-dealkylation sites (tertiary alicyclic amines) is 1. The van der Waals surface area contributed by atoms with Crippen molar-refractivity contribution in [3.63, 3.8) is 0 Å². The summed E-state index contributed by atoms with van der Waals surface area (Å²) in [4.78, 5) is 14.1. The van der Waals surface area contributed by atoms with Gasteiger partial charge in [0.1, 0.15) is 5.60 Å². The number of amides is 1. The van der Waals surface area contributed by atoms with Gasteiger partial charge in [-0.2, -0.15) is 0 Å². The number of carbonyl (C=O) groups excluding carboxylic acids is 1. The van der Waals surface area contributed by atoms with Crippen molar-refractivity contribution >= 4 is 6.09 Å². The molecule has 0 bridgehead atoms. The Labute approximate surface area is 142 Å². The molecule has 1 aliphatic heterocycles. The van der Waals surface area contributed by atoms with Crippen LogP contribution in [0.3, 0.4) is 0 Å². The first-order valence-electron chi connectivity index (χ1n) is 9.56. The van der Waals surface area contributed by atoms with Gasteiger partial charge in [-0.15, -0.1) is 0 Å². The first-order valence-corrected chi connectivity index (χ1v) is 9.56. The van der Waals surface area contributed by atoms with Gasteiger partial charge in [0.15, 0.2) is 0 Å². The highest BCUT2D eigenvalue weighted by Crippen LogP contribution is 2.29. The van der Waals surface area contributed by atoms with Crippen molar-refractivity contribution in [1.82, 2.24) is 10.2 Å². The second kappa shape index (κ2) is 8.36. The Morgan fingerprint density at radius 3 is 2.52 bits per heavy atom. The van der Waals surface area contributed by atoms with Crippen LogP contribution in [0.15, 0.2) is 0 Å². The Morgan fingerprint density at radius 1 is 1.09 bits per heavy atom. The van der Waals surface area contributed by atoms with Gasteiger partial charge in [0, 0.05) is 19.1 Å². The van der Waals surface area contributed by atoms with Gasteiger partial charge in [-0.3, -0.25) is 0 Å². The Morgan fingerprint density at radius 2 is 1.83 bits per heavy atom. The molecule has 1 saturated carbocycles. The summed E-state index contributed by atoms with van der Waals surface area (Å²) in [5, 5.41) is 3.79. The van der Waals surface area contributed by atoms with E-state index in [1.165, 1.54) is 32.1 Å². The summed E-state index contributed by atoms with van der Waals surface area (Å²) in [7, 11) is 0. The summed E-state index contributed by atoms with van der Waals surface area (Å²) >= 11 is 0. The fraction of sp³-hybridized carbons (Fsp3) is 0.947. The quantitative estimate of drug-likeness (QED) is 0.846. The number of hydrogen-bond donors (Lipinski definition) is 1. The summed E-state index contributed by atoms with van der Waals surface area (Å²) in [6, 6.07) is 0.552. The second-order valence-corrected chi connectivity index (χ2v) is 8.53. The van der Waals surface area contributed by atoms with E-state index in [0.29, 0.717) is 6.04 Å². The molecular weight excluding hydrogens is 288 g/mol. The molecule has 4 heteroatoms. The lowest BCUT2D eigenvalue weighted by atomic mass is 9.80. The molecule has 2 fully saturated rings. The number of nitrogens with zero attached hydrogens (tertiary/aromatic N) is 1. The Kier molecular flexibility index (Phi) is 6.75. The van der Waals surface area contributed by atoms with E-state index in [1.807, 2.05) is 25.7 Å². The third kappa shape index (κ3) is 6.33. The maximum Gasteiger partial charge on any atom is 0.410 e. The summed E-state index contributed by atoms with van der Waals surface area (Å²) in [6.07, 6.45) is 8.70. The van der Waals surface area contributed by atoms with Crippen LogP contribution in [0, 0.1) is 11.8 Å². The maximum absolute atomic E-state index is 12.2. The van der Waals surface area contributed by atoms with E-state index in [2.05, 4.69) is 12.2 Å². The lowest BCUT2D eigenvalue weighted by Crippen LogP contribution is -2.39. The minimum Gasteiger partial charge on any atom is -0.444 e. The number of ether oxygens (including phenoxy) is 1. The van der Waals surface area contributed by atoms with Crippen molar-refractivity contribution in [1.29, 1.82) is 0 Å². The van der Waals surface area contributed by atoms with E-state index in [9.17, 15) is 4.79 Å². The molecule has 1 aliphatic carbocycles. The zero-order chi connectivity index (χ0) is 16.9. The zero-order valence-corrected chi connectivity index (χ0v) is 15.6. The number of carbonyl (C=O) groups is 1. The third-order valence-electron chi connectivity index (χ3n) is 5.34. The van der Waals surface area contributed by atoms with Gasteiger partial charge in [-0.05, 0) is 64.8 Å². The lowest BCUT2D eigenvalue weighted by molar-refractivity contribution is 0.0256.